The normalized spacial score (nSPS) is 17.5. The van der Waals surface area contributed by atoms with Gasteiger partial charge in [-0.3, -0.25) is 15.0 Å². The molecular weight excluding hydrogens is 327 g/mol. The van der Waals surface area contributed by atoms with Crippen molar-refractivity contribution in [2.24, 2.45) is 0 Å². The standard InChI is InChI=1S/C15H20F3N3O3/c1-24-14-3-2-11(10-13(14)21(22)23)12(4-5-15(16,17)18)20-8-6-19-7-9-20/h2-3,10,12,19H,4-9H2,1H3/t12-/m1/s1. The monoisotopic (exact) mass is 347 g/mol. The van der Waals surface area contributed by atoms with Gasteiger partial charge in [-0.2, -0.15) is 13.2 Å². The highest BCUT2D eigenvalue weighted by molar-refractivity contribution is 5.49. The topological polar surface area (TPSA) is 67.6 Å². The SMILES string of the molecule is COc1ccc([C@@H](CCC(F)(F)F)N2CCNCC2)cc1[N+](=O)[O-]. The summed E-state index contributed by atoms with van der Waals surface area (Å²) in [4.78, 5) is 12.5. The number of hydrogen-bond donors (Lipinski definition) is 1. The molecule has 134 valence electrons. The third-order valence-electron chi connectivity index (χ3n) is 4.08. The average molecular weight is 347 g/mol. The number of alkyl halides is 3. The molecule has 1 N–H and O–H groups in total. The molecule has 0 spiro atoms. The highest BCUT2D eigenvalue weighted by Crippen LogP contribution is 2.36. The van der Waals surface area contributed by atoms with Crippen molar-refractivity contribution in [2.75, 3.05) is 33.3 Å². The average Bonchev–Trinajstić information content (AvgIpc) is 2.54. The second-order valence-corrected chi connectivity index (χ2v) is 5.64. The third kappa shape index (κ3) is 4.81. The maximum atomic E-state index is 12.7. The largest absolute Gasteiger partial charge is 0.490 e. The third-order valence-corrected chi connectivity index (χ3v) is 4.08. The van der Waals surface area contributed by atoms with Crippen LogP contribution in [0.3, 0.4) is 0 Å². The van der Waals surface area contributed by atoms with Crippen LogP contribution in [0.4, 0.5) is 18.9 Å². The molecule has 9 heteroatoms. The van der Waals surface area contributed by atoms with Crippen LogP contribution in [-0.2, 0) is 0 Å². The molecule has 1 saturated heterocycles. The summed E-state index contributed by atoms with van der Waals surface area (Å²) in [7, 11) is 1.32. The lowest BCUT2D eigenvalue weighted by atomic mass is 9.98. The number of ether oxygens (including phenoxy) is 1. The second-order valence-electron chi connectivity index (χ2n) is 5.64. The van der Waals surface area contributed by atoms with Gasteiger partial charge >= 0.3 is 11.9 Å². The molecule has 2 rings (SSSR count). The van der Waals surface area contributed by atoms with Crippen molar-refractivity contribution in [3.8, 4) is 5.75 Å². The Morgan fingerprint density at radius 1 is 1.38 bits per heavy atom. The zero-order valence-corrected chi connectivity index (χ0v) is 13.3. The summed E-state index contributed by atoms with van der Waals surface area (Å²) in [6, 6.07) is 3.85. The Kier molecular flexibility index (Phi) is 6.00. The van der Waals surface area contributed by atoms with Crippen LogP contribution >= 0.6 is 0 Å². The number of nitro benzene ring substituents is 1. The summed E-state index contributed by atoms with van der Waals surface area (Å²) in [5, 5.41) is 14.3. The summed E-state index contributed by atoms with van der Waals surface area (Å²) in [5.74, 6) is 0.0960. The Bertz CT molecular complexity index is 575. The smallest absolute Gasteiger partial charge is 0.389 e. The molecule has 0 radical (unpaired) electrons. The Balaban J connectivity index is 2.31. The molecule has 1 atom stereocenters. The predicted molar refractivity (Wildman–Crippen MR) is 82.1 cm³/mol. The zero-order valence-electron chi connectivity index (χ0n) is 13.3. The lowest BCUT2D eigenvalue weighted by Crippen LogP contribution is -2.45. The van der Waals surface area contributed by atoms with E-state index in [-0.39, 0.29) is 17.9 Å². The second kappa shape index (κ2) is 7.80. The van der Waals surface area contributed by atoms with Crippen molar-refractivity contribution in [3.05, 3.63) is 33.9 Å². The summed E-state index contributed by atoms with van der Waals surface area (Å²) in [5.41, 5.74) is 0.274. The zero-order chi connectivity index (χ0) is 17.7. The molecule has 1 heterocycles. The van der Waals surface area contributed by atoms with Gasteiger partial charge in [0.1, 0.15) is 0 Å². The molecule has 1 aromatic carbocycles. The molecule has 0 unspecified atom stereocenters. The van der Waals surface area contributed by atoms with Crippen molar-refractivity contribution >= 4 is 5.69 Å². The van der Waals surface area contributed by atoms with Gasteiger partial charge in [0.05, 0.1) is 12.0 Å². The van der Waals surface area contributed by atoms with Gasteiger partial charge in [-0.05, 0) is 18.1 Å². The Labute approximate surface area is 137 Å². The first-order valence-electron chi connectivity index (χ1n) is 7.65. The van der Waals surface area contributed by atoms with E-state index in [1.54, 1.807) is 6.07 Å². The molecule has 0 bridgehead atoms. The fraction of sp³-hybridized carbons (Fsp3) is 0.600. The molecule has 0 saturated carbocycles. The van der Waals surface area contributed by atoms with E-state index in [4.69, 9.17) is 4.74 Å². The molecule has 0 aromatic heterocycles. The Hall–Kier alpha value is -1.87. The van der Waals surface area contributed by atoms with Gasteiger partial charge in [0.15, 0.2) is 5.75 Å². The first-order chi connectivity index (χ1) is 11.3. The van der Waals surface area contributed by atoms with Crippen molar-refractivity contribution in [1.82, 2.24) is 10.2 Å². The maximum absolute atomic E-state index is 12.7. The fourth-order valence-electron chi connectivity index (χ4n) is 2.91. The van der Waals surface area contributed by atoms with Gasteiger partial charge < -0.3 is 10.1 Å². The highest BCUT2D eigenvalue weighted by Gasteiger charge is 2.32. The van der Waals surface area contributed by atoms with Crippen molar-refractivity contribution in [2.45, 2.75) is 25.1 Å². The van der Waals surface area contributed by atoms with E-state index in [0.717, 1.165) is 0 Å². The number of nitro groups is 1. The van der Waals surface area contributed by atoms with Crippen LogP contribution < -0.4 is 10.1 Å². The number of benzene rings is 1. The fourth-order valence-corrected chi connectivity index (χ4v) is 2.91. The van der Waals surface area contributed by atoms with E-state index in [1.807, 2.05) is 4.90 Å². The van der Waals surface area contributed by atoms with Gasteiger partial charge in [-0.15, -0.1) is 0 Å². The predicted octanol–water partition coefficient (Wildman–Crippen LogP) is 2.89. The van der Waals surface area contributed by atoms with Gasteiger partial charge in [0.25, 0.3) is 0 Å². The number of methoxy groups -OCH3 is 1. The van der Waals surface area contributed by atoms with E-state index in [0.29, 0.717) is 31.7 Å². The lowest BCUT2D eigenvalue weighted by Gasteiger charge is -2.35. The van der Waals surface area contributed by atoms with E-state index in [2.05, 4.69) is 5.32 Å². The van der Waals surface area contributed by atoms with Crippen LogP contribution in [0.15, 0.2) is 18.2 Å². The van der Waals surface area contributed by atoms with Gasteiger partial charge in [-0.1, -0.05) is 6.07 Å². The minimum atomic E-state index is -4.26. The van der Waals surface area contributed by atoms with E-state index >= 15 is 0 Å². The van der Waals surface area contributed by atoms with Crippen LogP contribution in [0, 0.1) is 10.1 Å². The molecule has 0 aliphatic carbocycles. The summed E-state index contributed by atoms with van der Waals surface area (Å²) in [6.45, 7) is 2.56. The van der Waals surface area contributed by atoms with Crippen LogP contribution in [-0.4, -0.2) is 49.3 Å². The van der Waals surface area contributed by atoms with E-state index < -0.39 is 23.6 Å². The van der Waals surface area contributed by atoms with E-state index in [1.165, 1.54) is 19.2 Å². The molecule has 1 fully saturated rings. The molecular formula is C15H20F3N3O3. The first kappa shape index (κ1) is 18.5. The molecule has 1 aliphatic heterocycles. The number of piperazine rings is 1. The summed E-state index contributed by atoms with van der Waals surface area (Å²) in [6.07, 6.45) is -5.32. The number of rotatable bonds is 6. The number of nitrogens with one attached hydrogen (secondary N) is 1. The number of hydrogen-bond acceptors (Lipinski definition) is 5. The molecule has 1 aliphatic rings. The van der Waals surface area contributed by atoms with Gasteiger partial charge in [-0.25, -0.2) is 0 Å². The van der Waals surface area contributed by atoms with Crippen molar-refractivity contribution < 1.29 is 22.8 Å². The van der Waals surface area contributed by atoms with Crippen LogP contribution in [0.1, 0.15) is 24.4 Å². The highest BCUT2D eigenvalue weighted by atomic mass is 19.4. The van der Waals surface area contributed by atoms with Crippen LogP contribution in [0.25, 0.3) is 0 Å². The van der Waals surface area contributed by atoms with Crippen LogP contribution in [0.5, 0.6) is 5.75 Å². The summed E-state index contributed by atoms with van der Waals surface area (Å²) < 4.78 is 43.0. The first-order valence-corrected chi connectivity index (χ1v) is 7.65. The molecule has 0 amide bonds. The number of halogens is 3. The quantitative estimate of drug-likeness (QED) is 0.633. The minimum absolute atomic E-state index is 0.0960. The molecule has 6 nitrogen and oxygen atoms in total. The Morgan fingerprint density at radius 2 is 2.04 bits per heavy atom. The van der Waals surface area contributed by atoms with Crippen molar-refractivity contribution in [3.63, 3.8) is 0 Å². The summed E-state index contributed by atoms with van der Waals surface area (Å²) >= 11 is 0. The number of nitrogens with zero attached hydrogens (tertiary/aromatic N) is 2. The van der Waals surface area contributed by atoms with Gasteiger partial charge in [0, 0.05) is 44.7 Å². The van der Waals surface area contributed by atoms with Crippen molar-refractivity contribution in [1.29, 1.82) is 0 Å². The molecule has 1 aromatic rings. The minimum Gasteiger partial charge on any atom is -0.490 e. The Morgan fingerprint density at radius 3 is 2.58 bits per heavy atom. The van der Waals surface area contributed by atoms with Gasteiger partial charge in [0.2, 0.25) is 0 Å². The van der Waals surface area contributed by atoms with Crippen LogP contribution in [0.2, 0.25) is 0 Å². The van der Waals surface area contributed by atoms with E-state index in [9.17, 15) is 23.3 Å². The molecule has 24 heavy (non-hydrogen) atoms. The maximum Gasteiger partial charge on any atom is 0.389 e. The lowest BCUT2D eigenvalue weighted by molar-refractivity contribution is -0.385.